The Morgan fingerprint density at radius 3 is 2.57 bits per heavy atom. The predicted molar refractivity (Wildman–Crippen MR) is 103 cm³/mol. The first-order chi connectivity index (χ1) is 13.9. The largest absolute Gasteiger partial charge is 0.424 e. The summed E-state index contributed by atoms with van der Waals surface area (Å²) in [6.45, 7) is 3.33. The highest BCUT2D eigenvalue weighted by Gasteiger charge is 2.59. The van der Waals surface area contributed by atoms with E-state index in [1.807, 2.05) is 0 Å². The Kier molecular flexibility index (Phi) is 5.32. The predicted octanol–water partition coefficient (Wildman–Crippen LogP) is 3.71. The fourth-order valence-corrected chi connectivity index (χ4v) is 3.06. The number of nitrogens with zero attached hydrogens (tertiary/aromatic N) is 2. The average Bonchev–Trinajstić information content (AvgIpc) is 2.66. The summed E-state index contributed by atoms with van der Waals surface area (Å²) in [5, 5.41) is 2.61. The Labute approximate surface area is 170 Å². The lowest BCUT2D eigenvalue weighted by Gasteiger charge is -2.41. The van der Waals surface area contributed by atoms with Crippen LogP contribution in [-0.4, -0.2) is 35.1 Å². The van der Waals surface area contributed by atoms with Crippen molar-refractivity contribution in [2.24, 2.45) is 10.7 Å². The van der Waals surface area contributed by atoms with E-state index in [2.05, 4.69) is 15.3 Å². The van der Waals surface area contributed by atoms with E-state index >= 15 is 0 Å². The third kappa shape index (κ3) is 3.74. The number of alkyl halides is 3. The van der Waals surface area contributed by atoms with Crippen LogP contribution in [0.3, 0.4) is 0 Å². The van der Waals surface area contributed by atoms with Crippen LogP contribution < -0.4 is 11.1 Å². The summed E-state index contributed by atoms with van der Waals surface area (Å²) in [6, 6.07) is 7.11. The van der Waals surface area contributed by atoms with E-state index in [4.69, 9.17) is 10.5 Å². The number of rotatable bonds is 3. The van der Waals surface area contributed by atoms with Crippen LogP contribution in [0.5, 0.6) is 0 Å². The minimum absolute atomic E-state index is 0.0646. The van der Waals surface area contributed by atoms with E-state index < -0.39 is 41.5 Å². The molecule has 0 bridgehead atoms. The number of amides is 1. The Balaban J connectivity index is 1.94. The van der Waals surface area contributed by atoms with Crippen molar-refractivity contribution in [3.8, 4) is 0 Å². The Hall–Kier alpha value is -3.01. The maximum absolute atomic E-state index is 14.6. The molecule has 0 aliphatic carbocycles. The highest BCUT2D eigenvalue weighted by atomic mass is 19.4. The number of nitrogens with one attached hydrogen (secondary N) is 1. The summed E-state index contributed by atoms with van der Waals surface area (Å²) < 4.78 is 59.5. The third-order valence-electron chi connectivity index (χ3n) is 5.07. The highest BCUT2D eigenvalue weighted by Crippen LogP contribution is 2.41. The quantitative estimate of drug-likeness (QED) is 0.736. The molecule has 0 saturated heterocycles. The number of aromatic nitrogens is 1. The van der Waals surface area contributed by atoms with Gasteiger partial charge in [-0.2, -0.15) is 13.2 Å². The van der Waals surface area contributed by atoms with Crippen LogP contribution in [0, 0.1) is 12.7 Å². The molecule has 2 heterocycles. The lowest BCUT2D eigenvalue weighted by molar-refractivity contribution is -0.249. The number of hydrogen-bond donors (Lipinski definition) is 2. The van der Waals surface area contributed by atoms with Crippen LogP contribution in [0.1, 0.15) is 35.5 Å². The molecule has 1 aliphatic rings. The number of aliphatic imine (C=N–C) groups is 1. The minimum Gasteiger partial charge on any atom is -0.385 e. The third-order valence-corrected chi connectivity index (χ3v) is 5.07. The molecule has 0 saturated carbocycles. The van der Waals surface area contributed by atoms with Gasteiger partial charge in [0.05, 0.1) is 6.61 Å². The monoisotopic (exact) mass is 424 g/mol. The maximum atomic E-state index is 14.6. The number of halogens is 4. The molecule has 6 nitrogen and oxygen atoms in total. The molecule has 3 N–H and O–H groups in total. The molecule has 3 rings (SSSR count). The molecular formula is C20H20F4N4O2. The van der Waals surface area contributed by atoms with Crippen LogP contribution in [-0.2, 0) is 10.3 Å². The van der Waals surface area contributed by atoms with E-state index in [0.717, 1.165) is 13.0 Å². The Morgan fingerprint density at radius 1 is 1.27 bits per heavy atom. The van der Waals surface area contributed by atoms with Crippen LogP contribution in [0.4, 0.5) is 23.2 Å². The molecule has 0 unspecified atom stereocenters. The summed E-state index contributed by atoms with van der Waals surface area (Å²) in [5.74, 6) is -2.04. The summed E-state index contributed by atoms with van der Waals surface area (Å²) in [4.78, 5) is 20.4. The summed E-state index contributed by atoms with van der Waals surface area (Å²) >= 11 is 0. The second-order valence-corrected chi connectivity index (χ2v) is 7.41. The van der Waals surface area contributed by atoms with E-state index in [0.29, 0.717) is 5.56 Å². The first kappa shape index (κ1) is 21.7. The molecule has 1 aromatic heterocycles. The SMILES string of the molecule is Cc1cccnc1C(=O)Nc1ccc(F)c([C@]2(C)CO[C@@](C)(C(F)(F)F)C(N)=N2)c1. The lowest BCUT2D eigenvalue weighted by atomic mass is 9.89. The van der Waals surface area contributed by atoms with Gasteiger partial charge in [0.2, 0.25) is 5.60 Å². The fraction of sp³-hybridized carbons (Fsp3) is 0.350. The van der Waals surface area contributed by atoms with Gasteiger partial charge in [0.25, 0.3) is 5.91 Å². The fourth-order valence-electron chi connectivity index (χ4n) is 3.06. The number of anilines is 1. The van der Waals surface area contributed by atoms with Gasteiger partial charge in [0.15, 0.2) is 0 Å². The van der Waals surface area contributed by atoms with Gasteiger partial charge in [-0.25, -0.2) is 4.39 Å². The number of ether oxygens (including phenoxy) is 1. The van der Waals surface area contributed by atoms with Crippen molar-refractivity contribution in [3.63, 3.8) is 0 Å². The number of carbonyl (C=O) groups excluding carboxylic acids is 1. The number of aryl methyl sites for hydroxylation is 1. The molecule has 1 amide bonds. The standard InChI is InChI=1S/C20H20F4N4O2/c1-11-5-4-8-26-15(11)16(29)27-12-6-7-14(21)13(9-12)18(2)10-30-19(3,17(25)28-18)20(22,23)24/h4-9H,10H2,1-3H3,(H2,25,28)(H,27,29)/t18-,19+/m0/s1. The van der Waals surface area contributed by atoms with Gasteiger partial charge in [-0.15, -0.1) is 0 Å². The molecule has 160 valence electrons. The molecule has 1 aliphatic heterocycles. The zero-order valence-electron chi connectivity index (χ0n) is 16.5. The topological polar surface area (TPSA) is 89.6 Å². The molecule has 30 heavy (non-hydrogen) atoms. The van der Waals surface area contributed by atoms with Crippen LogP contribution >= 0.6 is 0 Å². The van der Waals surface area contributed by atoms with Crippen molar-refractivity contribution in [2.75, 3.05) is 11.9 Å². The second kappa shape index (κ2) is 7.35. The molecule has 2 aromatic rings. The van der Waals surface area contributed by atoms with Crippen LogP contribution in [0.25, 0.3) is 0 Å². The first-order valence-corrected chi connectivity index (χ1v) is 8.97. The normalized spacial score (nSPS) is 24.3. The zero-order chi connectivity index (χ0) is 22.3. The van der Waals surface area contributed by atoms with Crippen molar-refractivity contribution in [2.45, 2.75) is 38.1 Å². The van der Waals surface area contributed by atoms with Crippen molar-refractivity contribution in [3.05, 3.63) is 59.2 Å². The first-order valence-electron chi connectivity index (χ1n) is 8.97. The van der Waals surface area contributed by atoms with E-state index in [9.17, 15) is 22.4 Å². The van der Waals surface area contributed by atoms with E-state index in [1.54, 1.807) is 19.1 Å². The molecule has 0 radical (unpaired) electrons. The second-order valence-electron chi connectivity index (χ2n) is 7.41. The number of amidine groups is 1. The van der Waals surface area contributed by atoms with Gasteiger partial charge < -0.3 is 15.8 Å². The van der Waals surface area contributed by atoms with Gasteiger partial charge in [0.1, 0.15) is 22.9 Å². The molecule has 2 atom stereocenters. The van der Waals surface area contributed by atoms with Gasteiger partial charge in [0, 0.05) is 17.4 Å². The number of nitrogens with two attached hydrogens (primary N) is 1. The molecule has 10 heteroatoms. The van der Waals surface area contributed by atoms with E-state index in [1.165, 1.54) is 25.3 Å². The highest BCUT2D eigenvalue weighted by molar-refractivity contribution is 6.03. The van der Waals surface area contributed by atoms with Crippen molar-refractivity contribution in [1.82, 2.24) is 4.98 Å². The Bertz CT molecular complexity index is 1020. The number of carbonyl (C=O) groups is 1. The minimum atomic E-state index is -4.78. The van der Waals surface area contributed by atoms with E-state index in [-0.39, 0.29) is 16.9 Å². The Morgan fingerprint density at radius 2 is 1.97 bits per heavy atom. The average molecular weight is 424 g/mol. The summed E-state index contributed by atoms with van der Waals surface area (Å²) in [6.07, 6.45) is -3.32. The van der Waals surface area contributed by atoms with Gasteiger partial charge >= 0.3 is 6.18 Å². The molecular weight excluding hydrogens is 404 g/mol. The van der Waals surface area contributed by atoms with Gasteiger partial charge in [-0.1, -0.05) is 6.07 Å². The number of hydrogen-bond acceptors (Lipinski definition) is 5. The molecule has 1 aromatic carbocycles. The van der Waals surface area contributed by atoms with Crippen LogP contribution in [0.2, 0.25) is 0 Å². The maximum Gasteiger partial charge on any atom is 0.424 e. The summed E-state index contributed by atoms with van der Waals surface area (Å²) in [7, 11) is 0. The smallest absolute Gasteiger partial charge is 0.385 e. The van der Waals surface area contributed by atoms with Crippen LogP contribution in [0.15, 0.2) is 41.5 Å². The van der Waals surface area contributed by atoms with Crippen molar-refractivity contribution < 1.29 is 27.1 Å². The number of benzene rings is 1. The van der Waals surface area contributed by atoms with Gasteiger partial charge in [-0.05, 0) is 50.6 Å². The van der Waals surface area contributed by atoms with Crippen molar-refractivity contribution >= 4 is 17.4 Å². The molecule has 0 spiro atoms. The van der Waals surface area contributed by atoms with Gasteiger partial charge in [-0.3, -0.25) is 14.8 Å². The van der Waals surface area contributed by atoms with Crippen molar-refractivity contribution in [1.29, 1.82) is 0 Å². The number of pyridine rings is 1. The molecule has 0 fully saturated rings. The lowest BCUT2D eigenvalue weighted by Crippen LogP contribution is -2.60. The zero-order valence-corrected chi connectivity index (χ0v) is 16.5. The summed E-state index contributed by atoms with van der Waals surface area (Å²) in [5.41, 5.74) is 2.30.